The second-order valence-electron chi connectivity index (χ2n) is 5.13. The van der Waals surface area contributed by atoms with Crippen molar-refractivity contribution in [1.82, 2.24) is 9.55 Å². The zero-order valence-corrected chi connectivity index (χ0v) is 10.6. The second kappa shape index (κ2) is 4.69. The first-order valence-electron chi connectivity index (χ1n) is 5.74. The molecule has 0 saturated carbocycles. The third-order valence-electron chi connectivity index (χ3n) is 2.14. The molecule has 15 heavy (non-hydrogen) atoms. The maximum Gasteiger partial charge on any atom is 0.203 e. The van der Waals surface area contributed by atoms with Crippen LogP contribution in [0.5, 0.6) is 0 Å². The summed E-state index contributed by atoms with van der Waals surface area (Å²) in [5, 5.41) is 3.43. The Morgan fingerprint density at radius 1 is 1.40 bits per heavy atom. The van der Waals surface area contributed by atoms with Crippen LogP contribution in [0.25, 0.3) is 0 Å². The Hall–Kier alpha value is -0.990. The van der Waals surface area contributed by atoms with Crippen LogP contribution in [0, 0.1) is 6.92 Å². The van der Waals surface area contributed by atoms with E-state index in [4.69, 9.17) is 0 Å². The molecular formula is C12H23N3. The Balaban J connectivity index is 2.77. The first-order chi connectivity index (χ1) is 6.92. The lowest BCUT2D eigenvalue weighted by molar-refractivity contribution is 0.591. The lowest BCUT2D eigenvalue weighted by Crippen LogP contribution is -2.28. The summed E-state index contributed by atoms with van der Waals surface area (Å²) in [5.74, 6) is 0.994. The number of hydrogen-bond acceptors (Lipinski definition) is 2. The minimum Gasteiger partial charge on any atom is -0.351 e. The first-order valence-corrected chi connectivity index (χ1v) is 5.74. The largest absolute Gasteiger partial charge is 0.351 e. The normalized spacial score (nSPS) is 11.8. The lowest BCUT2D eigenvalue weighted by atomic mass is 10.1. The summed E-state index contributed by atoms with van der Waals surface area (Å²) in [6.07, 6.45) is 4.53. The molecule has 0 aliphatic heterocycles. The van der Waals surface area contributed by atoms with Crippen LogP contribution >= 0.6 is 0 Å². The van der Waals surface area contributed by atoms with E-state index in [1.807, 2.05) is 6.92 Å². The van der Waals surface area contributed by atoms with Gasteiger partial charge < -0.3 is 9.88 Å². The molecular weight excluding hydrogens is 186 g/mol. The second-order valence-corrected chi connectivity index (χ2v) is 5.13. The van der Waals surface area contributed by atoms with Gasteiger partial charge in [0.05, 0.1) is 5.69 Å². The molecule has 0 aliphatic rings. The quantitative estimate of drug-likeness (QED) is 0.825. The smallest absolute Gasteiger partial charge is 0.203 e. The molecule has 0 fully saturated rings. The van der Waals surface area contributed by atoms with E-state index in [-0.39, 0.29) is 5.54 Å². The van der Waals surface area contributed by atoms with Crippen LogP contribution in [0.4, 0.5) is 5.95 Å². The highest BCUT2D eigenvalue weighted by Gasteiger charge is 2.13. The van der Waals surface area contributed by atoms with Crippen LogP contribution in [0.15, 0.2) is 6.20 Å². The van der Waals surface area contributed by atoms with Gasteiger partial charge in [0.2, 0.25) is 5.95 Å². The average molecular weight is 209 g/mol. The van der Waals surface area contributed by atoms with Gasteiger partial charge in [-0.1, -0.05) is 13.3 Å². The molecule has 1 N–H and O–H groups in total. The van der Waals surface area contributed by atoms with Crippen LogP contribution < -0.4 is 5.32 Å². The molecule has 0 aliphatic carbocycles. The van der Waals surface area contributed by atoms with Crippen molar-refractivity contribution in [2.45, 2.75) is 59.5 Å². The molecule has 0 amide bonds. The molecule has 0 unspecified atom stereocenters. The zero-order chi connectivity index (χ0) is 11.5. The van der Waals surface area contributed by atoms with Gasteiger partial charge in [-0.05, 0) is 34.1 Å². The van der Waals surface area contributed by atoms with Gasteiger partial charge in [-0.25, -0.2) is 4.98 Å². The van der Waals surface area contributed by atoms with Crippen molar-refractivity contribution in [3.05, 3.63) is 11.9 Å². The summed E-state index contributed by atoms with van der Waals surface area (Å²) >= 11 is 0. The number of nitrogens with one attached hydrogen (secondary N) is 1. The molecule has 1 rings (SSSR count). The third-order valence-corrected chi connectivity index (χ3v) is 2.14. The van der Waals surface area contributed by atoms with Gasteiger partial charge in [-0.3, -0.25) is 0 Å². The maximum absolute atomic E-state index is 4.50. The molecule has 0 atom stereocenters. The molecule has 0 saturated heterocycles. The molecule has 0 aromatic carbocycles. The Morgan fingerprint density at radius 2 is 2.07 bits per heavy atom. The molecule has 1 aromatic rings. The van der Waals surface area contributed by atoms with Crippen molar-refractivity contribution in [3.8, 4) is 0 Å². The minimum absolute atomic E-state index is 0.0712. The molecule has 0 radical (unpaired) electrons. The monoisotopic (exact) mass is 209 g/mol. The summed E-state index contributed by atoms with van der Waals surface area (Å²) in [6.45, 7) is 11.8. The van der Waals surface area contributed by atoms with E-state index in [2.05, 4.69) is 48.8 Å². The Kier molecular flexibility index (Phi) is 3.77. The van der Waals surface area contributed by atoms with Gasteiger partial charge in [0.1, 0.15) is 0 Å². The number of aromatic nitrogens is 2. The molecule has 0 bridgehead atoms. The maximum atomic E-state index is 4.50. The summed E-state index contributed by atoms with van der Waals surface area (Å²) < 4.78 is 2.21. The standard InChI is InChI=1S/C12H23N3/c1-6-7-8-15-9-10(2)13-11(15)14-12(3,4)5/h9H,6-8H2,1-5H3,(H,13,14). The van der Waals surface area contributed by atoms with Crippen LogP contribution in [0.1, 0.15) is 46.2 Å². The summed E-state index contributed by atoms with van der Waals surface area (Å²) in [4.78, 5) is 4.50. The fraction of sp³-hybridized carbons (Fsp3) is 0.750. The van der Waals surface area contributed by atoms with Crippen LogP contribution in [-0.4, -0.2) is 15.1 Å². The summed E-state index contributed by atoms with van der Waals surface area (Å²) in [7, 11) is 0. The molecule has 86 valence electrons. The van der Waals surface area contributed by atoms with Crippen molar-refractivity contribution in [3.63, 3.8) is 0 Å². The van der Waals surface area contributed by atoms with Crippen molar-refractivity contribution in [2.75, 3.05) is 5.32 Å². The molecule has 1 aromatic heterocycles. The number of aryl methyl sites for hydroxylation is 2. The lowest BCUT2D eigenvalue weighted by Gasteiger charge is -2.22. The summed E-state index contributed by atoms with van der Waals surface area (Å²) in [6, 6.07) is 0. The summed E-state index contributed by atoms with van der Waals surface area (Å²) in [5.41, 5.74) is 1.15. The predicted octanol–water partition coefficient (Wildman–Crippen LogP) is 3.20. The Morgan fingerprint density at radius 3 is 2.60 bits per heavy atom. The van der Waals surface area contributed by atoms with E-state index < -0.39 is 0 Å². The zero-order valence-electron chi connectivity index (χ0n) is 10.6. The molecule has 0 spiro atoms. The van der Waals surface area contributed by atoms with Crippen molar-refractivity contribution >= 4 is 5.95 Å². The Labute approximate surface area is 92.9 Å². The predicted molar refractivity (Wildman–Crippen MR) is 65.2 cm³/mol. The highest BCUT2D eigenvalue weighted by molar-refractivity contribution is 5.31. The number of hydrogen-bond donors (Lipinski definition) is 1. The van der Waals surface area contributed by atoms with E-state index in [0.29, 0.717) is 0 Å². The van der Waals surface area contributed by atoms with E-state index in [9.17, 15) is 0 Å². The van der Waals surface area contributed by atoms with Crippen molar-refractivity contribution in [2.24, 2.45) is 0 Å². The first kappa shape index (κ1) is 12.1. The molecule has 3 nitrogen and oxygen atoms in total. The van der Waals surface area contributed by atoms with Gasteiger partial charge in [-0.15, -0.1) is 0 Å². The molecule has 3 heteroatoms. The van der Waals surface area contributed by atoms with Crippen LogP contribution in [0.3, 0.4) is 0 Å². The van der Waals surface area contributed by atoms with Gasteiger partial charge in [-0.2, -0.15) is 0 Å². The fourth-order valence-electron chi connectivity index (χ4n) is 1.48. The number of unbranched alkanes of at least 4 members (excludes halogenated alkanes) is 1. The number of rotatable bonds is 4. The minimum atomic E-state index is 0.0712. The van der Waals surface area contributed by atoms with Crippen molar-refractivity contribution in [1.29, 1.82) is 0 Å². The average Bonchev–Trinajstić information content (AvgIpc) is 2.39. The number of anilines is 1. The molecule has 1 heterocycles. The highest BCUT2D eigenvalue weighted by atomic mass is 15.2. The van der Waals surface area contributed by atoms with Gasteiger partial charge in [0, 0.05) is 18.3 Å². The van der Waals surface area contributed by atoms with Gasteiger partial charge in [0.15, 0.2) is 0 Å². The van der Waals surface area contributed by atoms with E-state index in [0.717, 1.165) is 18.2 Å². The van der Waals surface area contributed by atoms with Gasteiger partial charge in [0.25, 0.3) is 0 Å². The highest BCUT2D eigenvalue weighted by Crippen LogP contribution is 2.15. The van der Waals surface area contributed by atoms with E-state index >= 15 is 0 Å². The van der Waals surface area contributed by atoms with E-state index in [1.54, 1.807) is 0 Å². The van der Waals surface area contributed by atoms with Crippen LogP contribution in [0.2, 0.25) is 0 Å². The number of imidazole rings is 1. The topological polar surface area (TPSA) is 29.9 Å². The van der Waals surface area contributed by atoms with Crippen molar-refractivity contribution < 1.29 is 0 Å². The van der Waals surface area contributed by atoms with Gasteiger partial charge >= 0.3 is 0 Å². The SMILES string of the molecule is CCCCn1cc(C)nc1NC(C)(C)C. The Bertz CT molecular complexity index is 307. The fourth-order valence-corrected chi connectivity index (χ4v) is 1.48. The number of nitrogens with zero attached hydrogens (tertiary/aromatic N) is 2. The van der Waals surface area contributed by atoms with E-state index in [1.165, 1.54) is 12.8 Å². The van der Waals surface area contributed by atoms with Crippen LogP contribution in [-0.2, 0) is 6.54 Å². The third kappa shape index (κ3) is 3.94.